The minimum absolute atomic E-state index is 0.00789. The van der Waals surface area contributed by atoms with Gasteiger partial charge in [-0.05, 0) is 44.2 Å². The van der Waals surface area contributed by atoms with Crippen molar-refractivity contribution >= 4 is 11.8 Å². The van der Waals surface area contributed by atoms with E-state index in [0.29, 0.717) is 25.4 Å². The van der Waals surface area contributed by atoms with Crippen LogP contribution in [0.1, 0.15) is 38.5 Å². The molecular weight excluding hydrogens is 384 g/mol. The molecule has 0 aromatic heterocycles. The Bertz CT molecular complexity index is 712. The lowest BCUT2D eigenvalue weighted by Gasteiger charge is -2.46. The summed E-state index contributed by atoms with van der Waals surface area (Å²) in [4.78, 5) is 28.5. The van der Waals surface area contributed by atoms with E-state index >= 15 is 0 Å². The first kappa shape index (κ1) is 21.1. The van der Waals surface area contributed by atoms with Crippen LogP contribution in [0.2, 0.25) is 0 Å². The third kappa shape index (κ3) is 5.32. The van der Waals surface area contributed by atoms with Crippen LogP contribution in [0.3, 0.4) is 0 Å². The molecule has 0 aliphatic carbocycles. The number of hydrogen-bond donors (Lipinski definition) is 0. The molecule has 3 aliphatic heterocycles. The highest BCUT2D eigenvalue weighted by Crippen LogP contribution is 2.36. The summed E-state index contributed by atoms with van der Waals surface area (Å²) in [6.45, 7) is 3.92. The van der Waals surface area contributed by atoms with Crippen molar-refractivity contribution in [1.82, 2.24) is 9.80 Å². The molecule has 3 aliphatic rings. The Balaban J connectivity index is 1.21. The van der Waals surface area contributed by atoms with E-state index in [9.17, 15) is 9.59 Å². The van der Waals surface area contributed by atoms with Gasteiger partial charge in [0.1, 0.15) is 12.4 Å². The maximum absolute atomic E-state index is 12.5. The first-order chi connectivity index (χ1) is 14.6. The van der Waals surface area contributed by atoms with Crippen LogP contribution in [-0.2, 0) is 19.1 Å². The van der Waals surface area contributed by atoms with Gasteiger partial charge in [0.2, 0.25) is 5.91 Å². The Morgan fingerprint density at radius 2 is 1.63 bits per heavy atom. The summed E-state index contributed by atoms with van der Waals surface area (Å²) in [5, 5.41) is 0. The Morgan fingerprint density at radius 3 is 2.37 bits per heavy atom. The highest BCUT2D eigenvalue weighted by molar-refractivity contribution is 5.78. The second-order valence-electron chi connectivity index (χ2n) is 8.53. The van der Waals surface area contributed by atoms with E-state index in [4.69, 9.17) is 14.2 Å². The Labute approximate surface area is 178 Å². The van der Waals surface area contributed by atoms with Gasteiger partial charge in [0, 0.05) is 39.2 Å². The molecule has 0 N–H and O–H groups in total. The number of para-hydroxylation sites is 1. The predicted octanol–water partition coefficient (Wildman–Crippen LogP) is 2.24. The molecule has 0 radical (unpaired) electrons. The maximum atomic E-state index is 12.5. The largest absolute Gasteiger partial charge is 0.484 e. The summed E-state index contributed by atoms with van der Waals surface area (Å²) in [5.74, 6) is 0.818. The monoisotopic (exact) mass is 416 g/mol. The summed E-state index contributed by atoms with van der Waals surface area (Å²) in [6, 6.07) is 9.40. The van der Waals surface area contributed by atoms with Gasteiger partial charge in [-0.1, -0.05) is 18.2 Å². The summed E-state index contributed by atoms with van der Waals surface area (Å²) < 4.78 is 17.7. The van der Waals surface area contributed by atoms with E-state index in [2.05, 4.69) is 0 Å². The molecule has 1 aromatic carbocycles. The Hall–Kier alpha value is -2.12. The average Bonchev–Trinajstić information content (AvgIpc) is 3.32. The topological polar surface area (TPSA) is 68.3 Å². The van der Waals surface area contributed by atoms with E-state index in [1.807, 2.05) is 40.1 Å². The highest BCUT2D eigenvalue weighted by atomic mass is 16.5. The van der Waals surface area contributed by atoms with Crippen LogP contribution < -0.4 is 4.74 Å². The Kier molecular flexibility index (Phi) is 6.89. The number of benzene rings is 1. The van der Waals surface area contributed by atoms with Gasteiger partial charge in [0.15, 0.2) is 6.61 Å². The number of carbonyl (C=O) groups is 2. The van der Waals surface area contributed by atoms with Gasteiger partial charge in [-0.3, -0.25) is 9.59 Å². The zero-order valence-electron chi connectivity index (χ0n) is 17.6. The van der Waals surface area contributed by atoms with Gasteiger partial charge in [-0.2, -0.15) is 0 Å². The van der Waals surface area contributed by atoms with Crippen LogP contribution in [-0.4, -0.2) is 79.3 Å². The van der Waals surface area contributed by atoms with Gasteiger partial charge in [-0.25, -0.2) is 0 Å². The molecule has 1 aromatic rings. The molecule has 0 saturated carbocycles. The number of hydrogen-bond acceptors (Lipinski definition) is 5. The number of carbonyl (C=O) groups excluding carboxylic acids is 2. The first-order valence-corrected chi connectivity index (χ1v) is 11.1. The van der Waals surface area contributed by atoms with Crippen molar-refractivity contribution in [2.45, 2.75) is 50.2 Å². The van der Waals surface area contributed by atoms with Crippen LogP contribution in [0.4, 0.5) is 0 Å². The second-order valence-corrected chi connectivity index (χ2v) is 8.53. The van der Waals surface area contributed by atoms with Crippen LogP contribution in [0.5, 0.6) is 5.75 Å². The fourth-order valence-corrected chi connectivity index (χ4v) is 4.64. The average molecular weight is 417 g/mol. The van der Waals surface area contributed by atoms with Crippen molar-refractivity contribution in [2.24, 2.45) is 0 Å². The minimum Gasteiger partial charge on any atom is -0.484 e. The SMILES string of the molecule is O=C(COc1ccccc1)N1CCC2(CC1)CC(OCC(=O)N1CCCC1)CCO2. The molecule has 3 heterocycles. The van der Waals surface area contributed by atoms with E-state index in [-0.39, 0.29) is 36.7 Å². The fourth-order valence-electron chi connectivity index (χ4n) is 4.64. The lowest BCUT2D eigenvalue weighted by molar-refractivity contribution is -0.167. The molecule has 3 fully saturated rings. The molecule has 1 spiro atoms. The smallest absolute Gasteiger partial charge is 0.260 e. The van der Waals surface area contributed by atoms with E-state index in [1.165, 1.54) is 0 Å². The molecular formula is C23H32N2O5. The molecule has 1 unspecified atom stereocenters. The number of ether oxygens (including phenoxy) is 3. The van der Waals surface area contributed by atoms with E-state index in [1.54, 1.807) is 0 Å². The minimum atomic E-state index is -0.239. The molecule has 2 amide bonds. The van der Waals surface area contributed by atoms with Crippen molar-refractivity contribution < 1.29 is 23.8 Å². The van der Waals surface area contributed by atoms with Crippen LogP contribution in [0.15, 0.2) is 30.3 Å². The van der Waals surface area contributed by atoms with Crippen LogP contribution in [0, 0.1) is 0 Å². The van der Waals surface area contributed by atoms with Gasteiger partial charge in [0.25, 0.3) is 5.91 Å². The molecule has 7 heteroatoms. The third-order valence-corrected chi connectivity index (χ3v) is 6.48. The lowest BCUT2D eigenvalue weighted by atomic mass is 9.83. The number of piperidine rings is 1. The summed E-state index contributed by atoms with van der Waals surface area (Å²) in [7, 11) is 0. The molecule has 30 heavy (non-hydrogen) atoms. The predicted molar refractivity (Wildman–Crippen MR) is 111 cm³/mol. The zero-order chi connectivity index (χ0) is 20.8. The van der Waals surface area contributed by atoms with Crippen molar-refractivity contribution in [1.29, 1.82) is 0 Å². The summed E-state index contributed by atoms with van der Waals surface area (Å²) >= 11 is 0. The zero-order valence-corrected chi connectivity index (χ0v) is 17.6. The Morgan fingerprint density at radius 1 is 0.967 bits per heavy atom. The van der Waals surface area contributed by atoms with Crippen molar-refractivity contribution in [3.8, 4) is 5.75 Å². The second kappa shape index (κ2) is 9.79. The van der Waals surface area contributed by atoms with E-state index in [0.717, 1.165) is 51.6 Å². The van der Waals surface area contributed by atoms with E-state index < -0.39 is 0 Å². The quantitative estimate of drug-likeness (QED) is 0.712. The van der Waals surface area contributed by atoms with Gasteiger partial charge in [-0.15, -0.1) is 0 Å². The number of amides is 2. The maximum Gasteiger partial charge on any atom is 0.260 e. The summed E-state index contributed by atoms with van der Waals surface area (Å²) in [6.07, 6.45) is 5.45. The van der Waals surface area contributed by atoms with Gasteiger partial charge >= 0.3 is 0 Å². The van der Waals surface area contributed by atoms with Gasteiger partial charge < -0.3 is 24.0 Å². The summed E-state index contributed by atoms with van der Waals surface area (Å²) in [5.41, 5.74) is -0.239. The number of nitrogens with zero attached hydrogens (tertiary/aromatic N) is 2. The van der Waals surface area contributed by atoms with Crippen molar-refractivity contribution in [3.05, 3.63) is 30.3 Å². The standard InChI is InChI=1S/C23H32N2O5/c26-21(24-11-4-5-12-24)18-29-20-8-15-30-23(16-20)9-13-25(14-10-23)22(27)17-28-19-6-2-1-3-7-19/h1-3,6-7,20H,4-5,8-18H2. The van der Waals surface area contributed by atoms with Gasteiger partial charge in [0.05, 0.1) is 11.7 Å². The van der Waals surface area contributed by atoms with Crippen molar-refractivity contribution in [3.63, 3.8) is 0 Å². The molecule has 164 valence electrons. The lowest BCUT2D eigenvalue weighted by Crippen LogP contribution is -2.52. The van der Waals surface area contributed by atoms with Crippen LogP contribution >= 0.6 is 0 Å². The van der Waals surface area contributed by atoms with Crippen molar-refractivity contribution in [2.75, 3.05) is 46.0 Å². The number of rotatable bonds is 6. The first-order valence-electron chi connectivity index (χ1n) is 11.1. The third-order valence-electron chi connectivity index (χ3n) is 6.48. The molecule has 4 rings (SSSR count). The highest BCUT2D eigenvalue weighted by Gasteiger charge is 2.41. The normalized spacial score (nSPS) is 23.5. The number of likely N-dealkylation sites (tertiary alicyclic amines) is 2. The molecule has 7 nitrogen and oxygen atoms in total. The molecule has 0 bridgehead atoms. The van der Waals surface area contributed by atoms with Crippen LogP contribution in [0.25, 0.3) is 0 Å². The molecule has 3 saturated heterocycles. The molecule has 1 atom stereocenters. The fraction of sp³-hybridized carbons (Fsp3) is 0.652.